The van der Waals surface area contributed by atoms with Gasteiger partial charge in [0.05, 0.1) is 11.3 Å². The molecule has 122 valence electrons. The number of fused-ring (bicyclic) bond motifs is 1. The van der Waals surface area contributed by atoms with E-state index >= 15 is 0 Å². The van der Waals surface area contributed by atoms with E-state index in [1.54, 1.807) is 7.05 Å². The van der Waals surface area contributed by atoms with Gasteiger partial charge in [0.1, 0.15) is 0 Å². The predicted molar refractivity (Wildman–Crippen MR) is 89.4 cm³/mol. The van der Waals surface area contributed by atoms with Crippen molar-refractivity contribution >= 4 is 17.7 Å². The third-order valence-electron chi connectivity index (χ3n) is 4.18. The molecular weight excluding hydrogens is 312 g/mol. The molecule has 0 saturated carbocycles. The summed E-state index contributed by atoms with van der Waals surface area (Å²) in [5.41, 5.74) is 2.26. The molecule has 0 saturated heterocycles. The van der Waals surface area contributed by atoms with E-state index in [0.717, 1.165) is 19.3 Å². The first-order valence-electron chi connectivity index (χ1n) is 7.72. The van der Waals surface area contributed by atoms with Crippen molar-refractivity contribution in [3.05, 3.63) is 45.9 Å². The lowest BCUT2D eigenvalue weighted by molar-refractivity contribution is -0.121. The number of aromatic amines is 1. The monoisotopic (exact) mass is 332 g/mol. The summed E-state index contributed by atoms with van der Waals surface area (Å²) < 4.78 is 1.41. The fraction of sp³-hybridized carbons (Fsp3) is 0.438. The molecule has 2 atom stereocenters. The standard InChI is InChI=1S/C16H20N4O2S/c1-10(23-16-19-18-15(22)20(16)2)14(21)17-13-9-5-7-11-6-3-4-8-12(11)13/h3-4,6,8,10,13H,5,7,9H2,1-2H3,(H,17,21)(H,18,22)/t10-,13+/m1/s1. The number of aromatic nitrogens is 3. The minimum Gasteiger partial charge on any atom is -0.348 e. The molecule has 7 heteroatoms. The third kappa shape index (κ3) is 3.34. The maximum Gasteiger partial charge on any atom is 0.343 e. The molecule has 2 N–H and O–H groups in total. The first kappa shape index (κ1) is 15.9. The van der Waals surface area contributed by atoms with Crippen molar-refractivity contribution in [2.45, 2.75) is 42.6 Å². The van der Waals surface area contributed by atoms with Crippen LogP contribution >= 0.6 is 11.8 Å². The summed E-state index contributed by atoms with van der Waals surface area (Å²) in [6, 6.07) is 8.35. The van der Waals surface area contributed by atoms with Gasteiger partial charge < -0.3 is 5.32 Å². The summed E-state index contributed by atoms with van der Waals surface area (Å²) in [6.45, 7) is 1.83. The molecule has 0 radical (unpaired) electrons. The number of nitrogens with one attached hydrogen (secondary N) is 2. The summed E-state index contributed by atoms with van der Waals surface area (Å²) in [6.07, 6.45) is 3.11. The molecule has 6 nitrogen and oxygen atoms in total. The molecule has 0 bridgehead atoms. The van der Waals surface area contributed by atoms with Gasteiger partial charge >= 0.3 is 5.69 Å². The maximum absolute atomic E-state index is 12.5. The van der Waals surface area contributed by atoms with E-state index in [1.807, 2.05) is 19.1 Å². The lowest BCUT2D eigenvalue weighted by Gasteiger charge is -2.27. The van der Waals surface area contributed by atoms with Crippen molar-refractivity contribution in [2.24, 2.45) is 7.05 Å². The van der Waals surface area contributed by atoms with Crippen LogP contribution < -0.4 is 11.0 Å². The number of H-pyrrole nitrogens is 1. The van der Waals surface area contributed by atoms with Crippen LogP contribution in [0.15, 0.2) is 34.2 Å². The number of rotatable bonds is 4. The Hall–Kier alpha value is -2.02. The van der Waals surface area contributed by atoms with Gasteiger partial charge in [0.15, 0.2) is 5.16 Å². The van der Waals surface area contributed by atoms with Crippen LogP contribution in [0, 0.1) is 0 Å². The number of carbonyl (C=O) groups is 1. The summed E-state index contributed by atoms with van der Waals surface area (Å²) in [7, 11) is 1.64. The molecule has 1 amide bonds. The minimum atomic E-state index is -0.321. The summed E-state index contributed by atoms with van der Waals surface area (Å²) in [5.74, 6) is -0.0350. The predicted octanol–water partition coefficient (Wildman–Crippen LogP) is 1.78. The van der Waals surface area contributed by atoms with Gasteiger partial charge in [-0.05, 0) is 37.3 Å². The Kier molecular flexibility index (Phi) is 4.56. The molecule has 1 aromatic heterocycles. The highest BCUT2D eigenvalue weighted by molar-refractivity contribution is 8.00. The van der Waals surface area contributed by atoms with E-state index in [0.29, 0.717) is 5.16 Å². The molecule has 1 heterocycles. The van der Waals surface area contributed by atoms with Gasteiger partial charge in [0.2, 0.25) is 5.91 Å². The largest absolute Gasteiger partial charge is 0.348 e. The van der Waals surface area contributed by atoms with Crippen molar-refractivity contribution in [2.75, 3.05) is 0 Å². The Morgan fingerprint density at radius 1 is 1.48 bits per heavy atom. The van der Waals surface area contributed by atoms with Crippen LogP contribution in [0.4, 0.5) is 0 Å². The molecule has 0 spiro atoms. The number of amides is 1. The quantitative estimate of drug-likeness (QED) is 0.837. The van der Waals surface area contributed by atoms with Crippen molar-refractivity contribution in [3.8, 4) is 0 Å². The Labute approximate surface area is 138 Å². The zero-order valence-corrected chi connectivity index (χ0v) is 14.0. The van der Waals surface area contributed by atoms with Gasteiger partial charge in [-0.25, -0.2) is 9.89 Å². The van der Waals surface area contributed by atoms with Gasteiger partial charge in [-0.15, -0.1) is 5.10 Å². The Bertz CT molecular complexity index is 767. The number of hydrogen-bond acceptors (Lipinski definition) is 4. The average molecular weight is 332 g/mol. The van der Waals surface area contributed by atoms with E-state index in [1.165, 1.54) is 27.5 Å². The molecule has 1 aliphatic carbocycles. The van der Waals surface area contributed by atoms with E-state index in [-0.39, 0.29) is 22.9 Å². The number of carbonyl (C=O) groups excluding carboxylic acids is 1. The van der Waals surface area contributed by atoms with E-state index in [2.05, 4.69) is 27.6 Å². The van der Waals surface area contributed by atoms with Crippen molar-refractivity contribution in [3.63, 3.8) is 0 Å². The number of hydrogen-bond donors (Lipinski definition) is 2. The van der Waals surface area contributed by atoms with Crippen molar-refractivity contribution in [1.82, 2.24) is 20.1 Å². The Balaban J connectivity index is 1.67. The maximum atomic E-state index is 12.5. The highest BCUT2D eigenvalue weighted by atomic mass is 32.2. The van der Waals surface area contributed by atoms with Crippen molar-refractivity contribution in [1.29, 1.82) is 0 Å². The summed E-state index contributed by atoms with van der Waals surface area (Å²) in [5, 5.41) is 9.64. The van der Waals surface area contributed by atoms with Gasteiger partial charge in [-0.3, -0.25) is 9.36 Å². The molecule has 3 rings (SSSR count). The van der Waals surface area contributed by atoms with Gasteiger partial charge in [0, 0.05) is 7.05 Å². The number of aryl methyl sites for hydroxylation is 1. The van der Waals surface area contributed by atoms with E-state index in [4.69, 9.17) is 0 Å². The molecule has 1 aromatic carbocycles. The Morgan fingerprint density at radius 3 is 3.00 bits per heavy atom. The minimum absolute atomic E-state index is 0.0350. The molecular formula is C16H20N4O2S. The summed E-state index contributed by atoms with van der Waals surface area (Å²) in [4.78, 5) is 23.9. The fourth-order valence-corrected chi connectivity index (χ4v) is 3.67. The fourth-order valence-electron chi connectivity index (χ4n) is 2.84. The molecule has 1 aliphatic rings. The van der Waals surface area contributed by atoms with Crippen LogP contribution in [0.1, 0.15) is 36.9 Å². The number of nitrogens with zero attached hydrogens (tertiary/aromatic N) is 2. The van der Waals surface area contributed by atoms with Gasteiger partial charge in [0.25, 0.3) is 0 Å². The van der Waals surface area contributed by atoms with Crippen LogP contribution in [0.25, 0.3) is 0 Å². The van der Waals surface area contributed by atoms with Crippen LogP contribution in [0.5, 0.6) is 0 Å². The van der Waals surface area contributed by atoms with Gasteiger partial charge in [-0.1, -0.05) is 36.0 Å². The second kappa shape index (κ2) is 6.62. The first-order chi connectivity index (χ1) is 11.1. The normalized spacial score (nSPS) is 18.3. The second-order valence-electron chi connectivity index (χ2n) is 5.78. The first-order valence-corrected chi connectivity index (χ1v) is 8.60. The highest BCUT2D eigenvalue weighted by Crippen LogP contribution is 2.30. The Morgan fingerprint density at radius 2 is 2.26 bits per heavy atom. The zero-order chi connectivity index (χ0) is 16.4. The molecule has 2 aromatic rings. The van der Waals surface area contributed by atoms with Crippen LogP contribution in [-0.4, -0.2) is 25.9 Å². The molecule has 0 unspecified atom stereocenters. The topological polar surface area (TPSA) is 79.8 Å². The van der Waals surface area contributed by atoms with E-state index < -0.39 is 0 Å². The third-order valence-corrected chi connectivity index (χ3v) is 5.32. The molecule has 0 fully saturated rings. The van der Waals surface area contributed by atoms with E-state index in [9.17, 15) is 9.59 Å². The van der Waals surface area contributed by atoms with Crippen LogP contribution in [0.3, 0.4) is 0 Å². The lowest BCUT2D eigenvalue weighted by atomic mass is 9.88. The van der Waals surface area contributed by atoms with Gasteiger partial charge in [-0.2, -0.15) is 0 Å². The van der Waals surface area contributed by atoms with Crippen LogP contribution in [-0.2, 0) is 18.3 Å². The van der Waals surface area contributed by atoms with Crippen molar-refractivity contribution < 1.29 is 4.79 Å². The average Bonchev–Trinajstić information content (AvgIpc) is 2.87. The molecule has 23 heavy (non-hydrogen) atoms. The zero-order valence-electron chi connectivity index (χ0n) is 13.2. The number of thioether (sulfide) groups is 1. The highest BCUT2D eigenvalue weighted by Gasteiger charge is 2.24. The number of benzene rings is 1. The molecule has 0 aliphatic heterocycles. The summed E-state index contributed by atoms with van der Waals surface area (Å²) >= 11 is 1.28. The van der Waals surface area contributed by atoms with Crippen LogP contribution in [0.2, 0.25) is 0 Å². The second-order valence-corrected chi connectivity index (χ2v) is 7.09. The lowest BCUT2D eigenvalue weighted by Crippen LogP contribution is -2.36. The SMILES string of the molecule is C[C@@H](Sc1n[nH]c(=O)n1C)C(=O)N[C@H]1CCCc2ccccc21. The smallest absolute Gasteiger partial charge is 0.343 e.